The van der Waals surface area contributed by atoms with Gasteiger partial charge in [0.2, 0.25) is 0 Å². The number of rotatable bonds is 7. The zero-order chi connectivity index (χ0) is 81.7. The molecule has 0 amide bonds. The third-order valence-electron chi connectivity index (χ3n) is 25.0. The van der Waals surface area contributed by atoms with Gasteiger partial charge < -0.3 is 0 Å². The molecule has 6 heteroatoms. The molecule has 3 heterocycles. The lowest BCUT2D eigenvalue weighted by Crippen LogP contribution is -1.97. The molecule has 124 heavy (non-hydrogen) atoms. The molecule has 0 fully saturated rings. The molecule has 0 saturated heterocycles. The molecule has 0 bridgehead atoms. The van der Waals surface area contributed by atoms with Gasteiger partial charge in [0.15, 0.2) is 0 Å². The molecule has 26 aromatic rings. The fraction of sp³-hybridized carbons (Fsp3) is 0. The van der Waals surface area contributed by atoms with E-state index >= 15 is 0 Å². The van der Waals surface area contributed by atoms with E-state index in [1.807, 2.05) is 72.8 Å². The van der Waals surface area contributed by atoms with Crippen molar-refractivity contribution in [2.75, 3.05) is 0 Å². The van der Waals surface area contributed by atoms with Crippen LogP contribution in [-0.2, 0) is 0 Å². The van der Waals surface area contributed by atoms with Gasteiger partial charge in [0, 0.05) is 33.4 Å². The minimum absolute atomic E-state index is 0.886. The summed E-state index contributed by atoms with van der Waals surface area (Å²) < 4.78 is 0. The Balaban J connectivity index is 0.000000105. The van der Waals surface area contributed by atoms with Gasteiger partial charge in [-0.1, -0.05) is 376 Å². The van der Waals surface area contributed by atoms with Crippen molar-refractivity contribution in [3.8, 4) is 78.7 Å². The van der Waals surface area contributed by atoms with E-state index < -0.39 is 0 Å². The van der Waals surface area contributed by atoms with Crippen molar-refractivity contribution in [3.05, 3.63) is 437 Å². The zero-order valence-corrected chi connectivity index (χ0v) is 67.3. The number of benzene rings is 23. The van der Waals surface area contributed by atoms with Crippen LogP contribution in [0.1, 0.15) is 0 Å². The lowest BCUT2D eigenvalue weighted by Gasteiger charge is -2.17. The van der Waals surface area contributed by atoms with Crippen molar-refractivity contribution in [1.29, 1.82) is 0 Å². The van der Waals surface area contributed by atoms with Crippen LogP contribution in [-0.4, -0.2) is 29.9 Å². The van der Waals surface area contributed by atoms with Crippen molar-refractivity contribution in [2.24, 2.45) is 0 Å². The van der Waals surface area contributed by atoms with E-state index in [1.54, 1.807) is 0 Å². The maximum atomic E-state index is 5.35. The first kappa shape index (κ1) is 71.6. The standard InChI is InChI=1S/C42H26N2.C40H24N2.C36H22N2/c1-2-11-27(12-3-1)29-15-10-16-31(25-29)41-42(44-39-20-9-8-19-38(39)43-41)37-26-30-14-5-7-18-33(30)40-35-22-21-28-13-4-6-17-32(28)34(35)23-24-36(37)40;1-2-9-28-23-30(16-13-25(28)7-1)39-40(42-37-12-6-5-11-36(37)41-39)31-19-20-32-29(24-31)18-22-35-34(32)21-17-27-15-14-26-8-3-4-10-33(26)38(27)35;1-2-10-25(11-3-1)35-36(38-33-16-7-6-15-32(33)37-35)31-14-8-13-29-28(31)21-19-24-18-20-27-26-12-5-4-9-23(26)17-22-30(27)34(24)29/h1-26H;1-24H;1-22H. The highest BCUT2D eigenvalue weighted by Crippen LogP contribution is 2.47. The summed E-state index contributed by atoms with van der Waals surface area (Å²) in [6, 6.07) is 155. The number of aromatic nitrogens is 6. The monoisotopic (exact) mass is 1570 g/mol. The van der Waals surface area contributed by atoms with Crippen molar-refractivity contribution in [3.63, 3.8) is 0 Å². The van der Waals surface area contributed by atoms with Crippen molar-refractivity contribution in [2.45, 2.75) is 0 Å². The number of nitrogens with zero attached hydrogens (tertiary/aromatic N) is 6. The van der Waals surface area contributed by atoms with Crippen LogP contribution in [0.15, 0.2) is 437 Å². The highest BCUT2D eigenvalue weighted by Gasteiger charge is 2.23. The van der Waals surface area contributed by atoms with Crippen LogP contribution in [0.5, 0.6) is 0 Å². The van der Waals surface area contributed by atoms with Crippen molar-refractivity contribution in [1.82, 2.24) is 29.9 Å². The van der Waals surface area contributed by atoms with Gasteiger partial charge in [-0.05, 0) is 212 Å². The second-order valence-electron chi connectivity index (χ2n) is 32.2. The number of para-hydroxylation sites is 6. The van der Waals surface area contributed by atoms with Crippen LogP contribution in [0, 0.1) is 0 Å². The van der Waals surface area contributed by atoms with Gasteiger partial charge in [-0.2, -0.15) is 0 Å². The second kappa shape index (κ2) is 29.8. The maximum Gasteiger partial charge on any atom is 0.0979 e. The molecule has 0 aliphatic heterocycles. The summed E-state index contributed by atoms with van der Waals surface area (Å²) in [6.45, 7) is 0. The molecule has 6 nitrogen and oxygen atoms in total. The van der Waals surface area contributed by atoms with Crippen LogP contribution in [0.2, 0.25) is 0 Å². The number of fused-ring (bicyclic) bond motifs is 25. The number of hydrogen-bond acceptors (Lipinski definition) is 6. The zero-order valence-electron chi connectivity index (χ0n) is 67.3. The Labute approximate surface area is 713 Å². The van der Waals surface area contributed by atoms with E-state index in [0.29, 0.717) is 0 Å². The molecule has 0 N–H and O–H groups in total. The molecule has 0 spiro atoms. The van der Waals surface area contributed by atoms with Crippen LogP contribution >= 0.6 is 0 Å². The first-order valence-electron chi connectivity index (χ1n) is 42.3. The molecule has 574 valence electrons. The van der Waals surface area contributed by atoms with Gasteiger partial charge >= 0.3 is 0 Å². The van der Waals surface area contributed by atoms with E-state index in [9.17, 15) is 0 Å². The van der Waals surface area contributed by atoms with Gasteiger partial charge in [0.05, 0.1) is 67.3 Å². The van der Waals surface area contributed by atoms with Gasteiger partial charge in [-0.3, -0.25) is 0 Å². The van der Waals surface area contributed by atoms with Gasteiger partial charge in [0.1, 0.15) is 0 Å². The summed E-state index contributed by atoms with van der Waals surface area (Å²) >= 11 is 0. The van der Waals surface area contributed by atoms with Gasteiger partial charge in [-0.15, -0.1) is 0 Å². The third-order valence-corrected chi connectivity index (χ3v) is 25.0. The average Bonchev–Trinajstić information content (AvgIpc) is 0.718. The largest absolute Gasteiger partial charge is 0.244 e. The van der Waals surface area contributed by atoms with E-state index in [-0.39, 0.29) is 0 Å². The van der Waals surface area contributed by atoms with Gasteiger partial charge in [0.25, 0.3) is 0 Å². The fourth-order valence-corrected chi connectivity index (χ4v) is 19.2. The van der Waals surface area contributed by atoms with E-state index in [2.05, 4.69) is 364 Å². The Bertz CT molecular complexity index is 8890. The Morgan fingerprint density at radius 2 is 0.411 bits per heavy atom. The van der Waals surface area contributed by atoms with Crippen LogP contribution in [0.25, 0.3) is 252 Å². The second-order valence-corrected chi connectivity index (χ2v) is 32.2. The Morgan fingerprint density at radius 3 is 1.00 bits per heavy atom. The first-order chi connectivity index (χ1) is 61.5. The average molecular weight is 1570 g/mol. The Kier molecular flexibility index (Phi) is 17.2. The van der Waals surface area contributed by atoms with Crippen LogP contribution in [0.3, 0.4) is 0 Å². The molecule has 26 rings (SSSR count). The summed E-state index contributed by atoms with van der Waals surface area (Å²) in [5.74, 6) is 0. The molecule has 3 aromatic heterocycles. The predicted molar refractivity (Wildman–Crippen MR) is 524 cm³/mol. The molecule has 0 aliphatic rings. The van der Waals surface area contributed by atoms with Gasteiger partial charge in [-0.25, -0.2) is 29.9 Å². The van der Waals surface area contributed by atoms with Crippen molar-refractivity contribution < 1.29 is 0 Å². The fourth-order valence-electron chi connectivity index (χ4n) is 19.2. The lowest BCUT2D eigenvalue weighted by atomic mass is 9.89. The Hall–Kier alpha value is -16.5. The van der Waals surface area contributed by atoms with Crippen LogP contribution in [0.4, 0.5) is 0 Å². The topological polar surface area (TPSA) is 77.3 Å². The molecule has 0 atom stereocenters. The maximum absolute atomic E-state index is 5.35. The predicted octanol–water partition coefficient (Wildman–Crippen LogP) is 31.6. The minimum atomic E-state index is 0.886. The summed E-state index contributed by atoms with van der Waals surface area (Å²) in [7, 11) is 0. The molecule has 0 radical (unpaired) electrons. The smallest absolute Gasteiger partial charge is 0.0979 e. The Morgan fingerprint density at radius 1 is 0.113 bits per heavy atom. The summed E-state index contributed by atoms with van der Waals surface area (Å²) in [5.41, 5.74) is 19.5. The minimum Gasteiger partial charge on any atom is -0.244 e. The SMILES string of the molecule is c1ccc(-c2cccc(-c3nc4ccccc4nc3-c3cc4ccccc4c4c3ccc3c5ccccc5ccc34)c2)cc1.c1ccc(-c2nc3ccccc3nc2-c2cccc3c2ccc2ccc4c5ccccc5ccc4c23)cc1.c1ccc2cc(-c3nc4ccccc4nc3-c3ccc4c(ccc5c4ccc4ccc6ccccc6c45)c3)ccc2c1. The van der Waals surface area contributed by atoms with Crippen molar-refractivity contribution >= 4 is 173 Å². The van der Waals surface area contributed by atoms with E-state index in [1.165, 1.54) is 146 Å². The normalized spacial score (nSPS) is 11.7. The highest BCUT2D eigenvalue weighted by molar-refractivity contribution is 6.30. The lowest BCUT2D eigenvalue weighted by molar-refractivity contribution is 1.30. The molecular weight excluding hydrogens is 1500 g/mol. The summed E-state index contributed by atoms with van der Waals surface area (Å²) in [5, 5.41) is 32.5. The molecular formula is C118H72N6. The summed E-state index contributed by atoms with van der Waals surface area (Å²) in [6.07, 6.45) is 0. The number of hydrogen-bond donors (Lipinski definition) is 0. The summed E-state index contributed by atoms with van der Waals surface area (Å²) in [4.78, 5) is 31.3. The quantitative estimate of drug-likeness (QED) is 0.148. The van der Waals surface area contributed by atoms with E-state index in [4.69, 9.17) is 29.9 Å². The molecule has 0 unspecified atom stereocenters. The van der Waals surface area contributed by atoms with Crippen LogP contribution < -0.4 is 0 Å². The third kappa shape index (κ3) is 12.3. The molecule has 0 aliphatic carbocycles. The van der Waals surface area contributed by atoms with E-state index in [0.717, 1.165) is 106 Å². The first-order valence-corrected chi connectivity index (χ1v) is 42.3. The highest BCUT2D eigenvalue weighted by atomic mass is 14.9. The molecule has 0 saturated carbocycles. The molecule has 23 aromatic carbocycles.